The highest BCUT2D eigenvalue weighted by Crippen LogP contribution is 2.58. The molecule has 1 saturated carbocycles. The van der Waals surface area contributed by atoms with Crippen LogP contribution in [-0.2, 0) is 19.2 Å². The first kappa shape index (κ1) is 21.9. The SMILES string of the molecule is O=C([O-])c1cccc(N2C(=O)[C@@H]3C4C=CC([C@H]3C2=O)[C@@H]2C(=O)N(c3cccc(C(=O)[O-])c3)C(=O)[C@H]42)c1. The van der Waals surface area contributed by atoms with E-state index in [9.17, 15) is 39.0 Å². The molecule has 0 radical (unpaired) electrons. The average molecular weight is 484 g/mol. The van der Waals surface area contributed by atoms with Crippen molar-refractivity contribution in [2.75, 3.05) is 9.80 Å². The van der Waals surface area contributed by atoms with Gasteiger partial charge in [-0.05, 0) is 35.4 Å². The molecule has 3 fully saturated rings. The van der Waals surface area contributed by atoms with E-state index in [4.69, 9.17) is 0 Å². The fourth-order valence-corrected chi connectivity index (χ4v) is 6.28. The van der Waals surface area contributed by atoms with Crippen molar-refractivity contribution >= 4 is 46.9 Å². The van der Waals surface area contributed by atoms with E-state index in [1.165, 1.54) is 48.5 Å². The van der Waals surface area contributed by atoms with Crippen molar-refractivity contribution in [2.45, 2.75) is 0 Å². The second-order valence-corrected chi connectivity index (χ2v) is 9.34. The Kier molecular flexibility index (Phi) is 4.53. The van der Waals surface area contributed by atoms with Gasteiger partial charge in [0.25, 0.3) is 0 Å². The molecular formula is C26H16N2O8-2. The van der Waals surface area contributed by atoms with Crippen LogP contribution in [0.1, 0.15) is 20.7 Å². The van der Waals surface area contributed by atoms with Gasteiger partial charge in [0, 0.05) is 11.8 Å². The number of carboxylic acids is 2. The van der Waals surface area contributed by atoms with Crippen LogP contribution >= 0.6 is 0 Å². The summed E-state index contributed by atoms with van der Waals surface area (Å²) in [4.78, 5) is 78.4. The molecule has 2 unspecified atom stereocenters. The Morgan fingerprint density at radius 2 is 0.917 bits per heavy atom. The predicted molar refractivity (Wildman–Crippen MR) is 117 cm³/mol. The summed E-state index contributed by atoms with van der Waals surface area (Å²) in [6.45, 7) is 0. The number of hydrogen-bond donors (Lipinski definition) is 0. The van der Waals surface area contributed by atoms with Crippen LogP contribution in [0.15, 0.2) is 60.7 Å². The van der Waals surface area contributed by atoms with E-state index in [-0.39, 0.29) is 22.5 Å². The van der Waals surface area contributed by atoms with Crippen molar-refractivity contribution in [1.82, 2.24) is 0 Å². The van der Waals surface area contributed by atoms with Gasteiger partial charge in [-0.1, -0.05) is 36.4 Å². The van der Waals surface area contributed by atoms with Gasteiger partial charge in [0.2, 0.25) is 23.6 Å². The third-order valence-electron chi connectivity index (χ3n) is 7.69. The first-order valence-corrected chi connectivity index (χ1v) is 11.3. The number of aromatic carboxylic acids is 2. The molecule has 2 aromatic rings. The van der Waals surface area contributed by atoms with Crippen LogP contribution in [0.3, 0.4) is 0 Å². The van der Waals surface area contributed by atoms with Crippen molar-refractivity contribution in [3.63, 3.8) is 0 Å². The molecule has 2 aromatic carbocycles. The standard InChI is InChI=1S/C26H18N2O8/c29-21-17-15-7-8-16(18(17)22(30)27(21)13-5-1-3-11(9-13)25(33)34)20-19(15)23(31)28(24(20)32)14-6-2-4-12(10-14)26(35)36/h1-10,15-20H,(H,33,34)(H,35,36)/p-2/t15?,16?,17-,18-,19-,20+/m1/s1. The topological polar surface area (TPSA) is 155 Å². The number of anilines is 2. The first-order valence-electron chi connectivity index (χ1n) is 11.3. The van der Waals surface area contributed by atoms with E-state index in [0.29, 0.717) is 0 Å². The smallest absolute Gasteiger partial charge is 0.238 e. The van der Waals surface area contributed by atoms with Gasteiger partial charge in [-0.15, -0.1) is 0 Å². The number of rotatable bonds is 4. The second-order valence-electron chi connectivity index (χ2n) is 9.34. The quantitative estimate of drug-likeness (QED) is 0.401. The Morgan fingerprint density at radius 1 is 0.583 bits per heavy atom. The highest BCUT2D eigenvalue weighted by molar-refractivity contribution is 6.26. The molecule has 2 saturated heterocycles. The van der Waals surface area contributed by atoms with Gasteiger partial charge in [-0.2, -0.15) is 0 Å². The van der Waals surface area contributed by atoms with E-state index < -0.39 is 71.1 Å². The van der Waals surface area contributed by atoms with Crippen LogP contribution in [-0.4, -0.2) is 35.6 Å². The first-order chi connectivity index (χ1) is 17.2. The predicted octanol–water partition coefficient (Wildman–Crippen LogP) is -0.859. The van der Waals surface area contributed by atoms with Gasteiger partial charge < -0.3 is 19.8 Å². The summed E-state index contributed by atoms with van der Waals surface area (Å²) in [6.07, 6.45) is 3.40. The second kappa shape index (κ2) is 7.45. The Hall–Kier alpha value is -4.60. The van der Waals surface area contributed by atoms with Gasteiger partial charge in [-0.25, -0.2) is 9.80 Å². The summed E-state index contributed by atoms with van der Waals surface area (Å²) in [6, 6.07) is 10.6. The third-order valence-corrected chi connectivity index (χ3v) is 7.69. The summed E-state index contributed by atoms with van der Waals surface area (Å²) in [7, 11) is 0. The van der Waals surface area contributed by atoms with Gasteiger partial charge in [0.05, 0.1) is 47.0 Å². The molecule has 4 amide bonds. The lowest BCUT2D eigenvalue weighted by molar-refractivity contribution is -0.256. The number of carbonyl (C=O) groups excluding carboxylic acids is 6. The summed E-state index contributed by atoms with van der Waals surface area (Å²) in [5.41, 5.74) is -0.213. The van der Waals surface area contributed by atoms with Crippen LogP contribution in [0.2, 0.25) is 0 Å². The minimum atomic E-state index is -1.45. The molecule has 180 valence electrons. The maximum atomic E-state index is 13.5. The Morgan fingerprint density at radius 3 is 1.22 bits per heavy atom. The lowest BCUT2D eigenvalue weighted by atomic mass is 9.54. The Bertz CT molecular complexity index is 1290. The van der Waals surface area contributed by atoms with Crippen molar-refractivity contribution in [1.29, 1.82) is 0 Å². The summed E-state index contributed by atoms with van der Waals surface area (Å²) in [5.74, 6) is -10.1. The molecule has 2 aliphatic heterocycles. The number of imide groups is 2. The van der Waals surface area contributed by atoms with E-state index in [1.807, 2.05) is 0 Å². The van der Waals surface area contributed by atoms with Crippen molar-refractivity contribution in [2.24, 2.45) is 35.5 Å². The monoisotopic (exact) mass is 484 g/mol. The van der Waals surface area contributed by atoms with Crippen LogP contribution in [0.25, 0.3) is 0 Å². The Balaban J connectivity index is 1.38. The summed E-state index contributed by atoms with van der Waals surface area (Å²) >= 11 is 0. The molecule has 10 heteroatoms. The number of carbonyl (C=O) groups is 6. The van der Waals surface area contributed by atoms with E-state index >= 15 is 0 Å². The zero-order chi connectivity index (χ0) is 25.5. The number of allylic oxidation sites excluding steroid dienone is 2. The van der Waals surface area contributed by atoms with E-state index in [0.717, 1.165) is 9.80 Å². The van der Waals surface area contributed by atoms with Crippen molar-refractivity contribution < 1.29 is 39.0 Å². The normalized spacial score (nSPS) is 30.1. The molecule has 7 rings (SSSR count). The van der Waals surface area contributed by atoms with Crippen LogP contribution in [0, 0.1) is 35.5 Å². The van der Waals surface area contributed by atoms with E-state index in [2.05, 4.69) is 0 Å². The molecule has 2 heterocycles. The number of amides is 4. The molecular weight excluding hydrogens is 468 g/mol. The molecule has 3 aliphatic carbocycles. The minimum Gasteiger partial charge on any atom is -0.545 e. The number of benzene rings is 2. The lowest BCUT2D eigenvalue weighted by Gasteiger charge is -2.44. The zero-order valence-electron chi connectivity index (χ0n) is 18.4. The van der Waals surface area contributed by atoms with Gasteiger partial charge in [-0.3, -0.25) is 19.2 Å². The summed E-state index contributed by atoms with van der Waals surface area (Å²) < 4.78 is 0. The highest BCUT2D eigenvalue weighted by atomic mass is 16.4. The maximum Gasteiger partial charge on any atom is 0.238 e. The van der Waals surface area contributed by atoms with Crippen LogP contribution in [0.5, 0.6) is 0 Å². The molecule has 0 spiro atoms. The minimum absolute atomic E-state index is 0.0871. The molecule has 0 N–H and O–H groups in total. The van der Waals surface area contributed by atoms with Crippen molar-refractivity contribution in [3.05, 3.63) is 71.8 Å². The molecule has 0 aromatic heterocycles. The van der Waals surface area contributed by atoms with Crippen LogP contribution < -0.4 is 20.0 Å². The molecule has 2 bridgehead atoms. The van der Waals surface area contributed by atoms with Gasteiger partial charge >= 0.3 is 0 Å². The number of hydrogen-bond acceptors (Lipinski definition) is 8. The molecule has 6 atom stereocenters. The fourth-order valence-electron chi connectivity index (χ4n) is 6.28. The Labute approximate surface area is 203 Å². The lowest BCUT2D eigenvalue weighted by Crippen LogP contribution is -2.50. The van der Waals surface area contributed by atoms with Crippen LogP contribution in [0.4, 0.5) is 11.4 Å². The molecule has 36 heavy (non-hydrogen) atoms. The average Bonchev–Trinajstić information content (AvgIpc) is 3.31. The number of carboxylic acid groups (broad SMARTS) is 2. The van der Waals surface area contributed by atoms with Crippen molar-refractivity contribution in [3.8, 4) is 0 Å². The summed E-state index contributed by atoms with van der Waals surface area (Å²) in [5, 5.41) is 22.6. The van der Waals surface area contributed by atoms with E-state index in [1.54, 1.807) is 12.2 Å². The highest BCUT2D eigenvalue weighted by Gasteiger charge is 2.68. The van der Waals surface area contributed by atoms with Gasteiger partial charge in [0.15, 0.2) is 0 Å². The maximum absolute atomic E-state index is 13.5. The fraction of sp³-hybridized carbons (Fsp3) is 0.231. The third kappa shape index (κ3) is 2.78. The number of nitrogens with zero attached hydrogens (tertiary/aromatic N) is 2. The van der Waals surface area contributed by atoms with Gasteiger partial charge in [0.1, 0.15) is 0 Å². The molecule has 5 aliphatic rings. The zero-order valence-corrected chi connectivity index (χ0v) is 18.4. The largest absolute Gasteiger partial charge is 0.545 e. The molecule has 10 nitrogen and oxygen atoms in total.